The van der Waals surface area contributed by atoms with Crippen molar-refractivity contribution in [2.45, 2.75) is 19.4 Å². The normalized spacial score (nSPS) is 11.9. The molecule has 1 aromatic heterocycles. The van der Waals surface area contributed by atoms with E-state index in [0.717, 1.165) is 17.0 Å². The number of alkyl halides is 2. The molecule has 0 fully saturated rings. The third-order valence-electron chi connectivity index (χ3n) is 4.10. The van der Waals surface area contributed by atoms with Crippen LogP contribution in [0.15, 0.2) is 42.6 Å². The van der Waals surface area contributed by atoms with Crippen LogP contribution < -0.4 is 0 Å². The van der Waals surface area contributed by atoms with Crippen LogP contribution in [0, 0.1) is 6.92 Å². The highest BCUT2D eigenvalue weighted by Crippen LogP contribution is 2.33. The van der Waals surface area contributed by atoms with Crippen LogP contribution in [0.1, 0.15) is 16.7 Å². The molecule has 3 aromatic rings. The van der Waals surface area contributed by atoms with Gasteiger partial charge in [-0.1, -0.05) is 41.4 Å². The van der Waals surface area contributed by atoms with Gasteiger partial charge in [0.2, 0.25) is 0 Å². The average molecular weight is 384 g/mol. The Morgan fingerprint density at radius 2 is 1.84 bits per heavy atom. The summed E-state index contributed by atoms with van der Waals surface area (Å²) in [4.78, 5) is 10.8. The highest BCUT2D eigenvalue weighted by atomic mass is 35.5. The Bertz CT molecular complexity index is 962. The van der Waals surface area contributed by atoms with Crippen molar-refractivity contribution in [3.63, 3.8) is 0 Å². The van der Waals surface area contributed by atoms with E-state index in [9.17, 15) is 13.6 Å². The smallest absolute Gasteiger partial charge is 0.379 e. The minimum atomic E-state index is -3.96. The first-order valence-corrected chi connectivity index (χ1v) is 8.11. The van der Waals surface area contributed by atoms with E-state index in [0.29, 0.717) is 21.1 Å². The van der Waals surface area contributed by atoms with Crippen molar-refractivity contribution in [3.8, 4) is 0 Å². The molecule has 0 aliphatic heterocycles. The largest absolute Gasteiger partial charge is 0.477 e. The van der Waals surface area contributed by atoms with Crippen LogP contribution in [0.2, 0.25) is 10.0 Å². The molecule has 0 radical (unpaired) electrons. The molecule has 0 spiro atoms. The number of nitrogens with zero attached hydrogens (tertiary/aromatic N) is 1. The number of rotatable bonds is 4. The van der Waals surface area contributed by atoms with Crippen molar-refractivity contribution in [1.29, 1.82) is 0 Å². The van der Waals surface area contributed by atoms with Crippen molar-refractivity contribution in [2.24, 2.45) is 0 Å². The van der Waals surface area contributed by atoms with Gasteiger partial charge in [0, 0.05) is 38.3 Å². The second-order valence-electron chi connectivity index (χ2n) is 5.75. The second-order valence-corrected chi connectivity index (χ2v) is 6.57. The van der Waals surface area contributed by atoms with Gasteiger partial charge in [-0.3, -0.25) is 0 Å². The first kappa shape index (κ1) is 17.7. The Morgan fingerprint density at radius 3 is 2.44 bits per heavy atom. The molecule has 2 aromatic carbocycles. The highest BCUT2D eigenvalue weighted by Gasteiger charge is 2.41. The fourth-order valence-corrected chi connectivity index (χ4v) is 3.30. The van der Waals surface area contributed by atoms with Gasteiger partial charge in [0.15, 0.2) is 0 Å². The molecule has 0 unspecified atom stereocenters. The maximum Gasteiger partial charge on any atom is 0.379 e. The summed E-state index contributed by atoms with van der Waals surface area (Å²) in [6.07, 6.45) is 1.80. The Morgan fingerprint density at radius 1 is 1.20 bits per heavy atom. The van der Waals surface area contributed by atoms with Crippen LogP contribution in [0.3, 0.4) is 0 Å². The number of halogens is 4. The van der Waals surface area contributed by atoms with Crippen LogP contribution in [-0.2, 0) is 17.3 Å². The van der Waals surface area contributed by atoms with Gasteiger partial charge in [-0.15, -0.1) is 0 Å². The van der Waals surface area contributed by atoms with Crippen molar-refractivity contribution in [1.82, 2.24) is 4.57 Å². The molecule has 7 heteroatoms. The Kier molecular flexibility index (Phi) is 4.47. The van der Waals surface area contributed by atoms with E-state index in [4.69, 9.17) is 28.3 Å². The monoisotopic (exact) mass is 383 g/mol. The van der Waals surface area contributed by atoms with Gasteiger partial charge in [0.1, 0.15) is 0 Å². The van der Waals surface area contributed by atoms with Crippen molar-refractivity contribution < 1.29 is 18.7 Å². The average Bonchev–Trinajstić information content (AvgIpc) is 2.86. The van der Waals surface area contributed by atoms with Crippen LogP contribution in [0.5, 0.6) is 0 Å². The number of hydrogen-bond donors (Lipinski definition) is 1. The standard InChI is InChI=1S/C18H13Cl2F2NO2/c1-10-8-23(9-13-14(19)3-2-4-15(13)20)16-7-11(5-6-12(10)16)18(21,22)17(24)25/h2-8H,9H2,1H3,(H,24,25). The maximum atomic E-state index is 13.8. The Hall–Kier alpha value is -2.11. The van der Waals surface area contributed by atoms with Gasteiger partial charge in [0.05, 0.1) is 6.54 Å². The molecule has 3 nitrogen and oxygen atoms in total. The van der Waals surface area contributed by atoms with Crippen molar-refractivity contribution in [3.05, 3.63) is 69.3 Å². The summed E-state index contributed by atoms with van der Waals surface area (Å²) in [7, 11) is 0. The summed E-state index contributed by atoms with van der Waals surface area (Å²) >= 11 is 12.4. The number of fused-ring (bicyclic) bond motifs is 1. The molecule has 0 aliphatic carbocycles. The summed E-state index contributed by atoms with van der Waals surface area (Å²) in [6.45, 7) is 2.13. The van der Waals surface area contributed by atoms with Crippen LogP contribution in [-0.4, -0.2) is 15.6 Å². The molecule has 0 saturated heterocycles. The molecule has 1 heterocycles. The molecule has 0 saturated carbocycles. The molecular weight excluding hydrogens is 371 g/mol. The molecule has 130 valence electrons. The maximum absolute atomic E-state index is 13.8. The van der Waals surface area contributed by atoms with Gasteiger partial charge in [0.25, 0.3) is 0 Å². The van der Waals surface area contributed by atoms with Crippen molar-refractivity contribution in [2.75, 3.05) is 0 Å². The predicted molar refractivity (Wildman–Crippen MR) is 93.8 cm³/mol. The fraction of sp³-hybridized carbons (Fsp3) is 0.167. The lowest BCUT2D eigenvalue weighted by atomic mass is 10.1. The first-order chi connectivity index (χ1) is 11.7. The number of aromatic nitrogens is 1. The van der Waals surface area contributed by atoms with E-state index in [1.807, 2.05) is 6.92 Å². The van der Waals surface area contributed by atoms with Crippen LogP contribution >= 0.6 is 23.2 Å². The topological polar surface area (TPSA) is 42.2 Å². The Balaban J connectivity index is 2.14. The van der Waals surface area contributed by atoms with Gasteiger partial charge in [-0.05, 0) is 30.7 Å². The van der Waals surface area contributed by atoms with Gasteiger partial charge < -0.3 is 9.67 Å². The van der Waals surface area contributed by atoms with Crippen LogP contribution in [0.4, 0.5) is 8.78 Å². The Labute approximate surface area is 152 Å². The molecule has 0 atom stereocenters. The van der Waals surface area contributed by atoms with E-state index in [1.54, 1.807) is 29.0 Å². The predicted octanol–water partition coefficient (Wildman–Crippen LogP) is 5.48. The van der Waals surface area contributed by atoms with Gasteiger partial charge in [-0.2, -0.15) is 8.78 Å². The lowest BCUT2D eigenvalue weighted by Gasteiger charge is -2.13. The lowest BCUT2D eigenvalue weighted by molar-refractivity contribution is -0.166. The summed E-state index contributed by atoms with van der Waals surface area (Å²) in [5.74, 6) is -6.14. The number of carboxylic acid groups (broad SMARTS) is 1. The van der Waals surface area contributed by atoms with E-state index >= 15 is 0 Å². The highest BCUT2D eigenvalue weighted by molar-refractivity contribution is 6.36. The fourth-order valence-electron chi connectivity index (χ4n) is 2.78. The number of benzene rings is 2. The summed E-state index contributed by atoms with van der Waals surface area (Å²) in [5, 5.41) is 10.5. The third-order valence-corrected chi connectivity index (χ3v) is 4.81. The second kappa shape index (κ2) is 6.32. The summed E-state index contributed by atoms with van der Waals surface area (Å²) in [6, 6.07) is 8.95. The number of carboxylic acids is 1. The molecule has 25 heavy (non-hydrogen) atoms. The van der Waals surface area contributed by atoms with E-state index in [-0.39, 0.29) is 6.54 Å². The molecule has 0 amide bonds. The molecule has 1 N–H and O–H groups in total. The zero-order valence-electron chi connectivity index (χ0n) is 13.1. The minimum Gasteiger partial charge on any atom is -0.477 e. The first-order valence-electron chi connectivity index (χ1n) is 7.36. The number of aryl methyl sites for hydroxylation is 1. The van der Waals surface area contributed by atoms with Gasteiger partial charge in [-0.25, -0.2) is 4.79 Å². The molecule has 0 bridgehead atoms. The number of aliphatic carboxylic acids is 1. The lowest BCUT2D eigenvalue weighted by Crippen LogP contribution is -2.25. The summed E-state index contributed by atoms with van der Waals surface area (Å²) in [5.41, 5.74) is 1.46. The van der Waals surface area contributed by atoms with E-state index < -0.39 is 17.5 Å². The number of carbonyl (C=O) groups is 1. The van der Waals surface area contributed by atoms with Gasteiger partial charge >= 0.3 is 11.9 Å². The number of hydrogen-bond acceptors (Lipinski definition) is 1. The third kappa shape index (κ3) is 3.10. The zero-order valence-corrected chi connectivity index (χ0v) is 14.6. The molecular formula is C18H13Cl2F2NO2. The van der Waals surface area contributed by atoms with Crippen LogP contribution in [0.25, 0.3) is 10.9 Å². The summed E-state index contributed by atoms with van der Waals surface area (Å²) < 4.78 is 29.4. The molecule has 0 aliphatic rings. The van der Waals surface area contributed by atoms with E-state index in [2.05, 4.69) is 0 Å². The minimum absolute atomic E-state index is 0.283. The molecule has 3 rings (SSSR count). The zero-order chi connectivity index (χ0) is 18.4. The SMILES string of the molecule is Cc1cn(Cc2c(Cl)cccc2Cl)c2cc(C(F)(F)C(=O)O)ccc12. The van der Waals surface area contributed by atoms with Crippen molar-refractivity contribution >= 4 is 40.1 Å². The quantitative estimate of drug-likeness (QED) is 0.647. The van der Waals surface area contributed by atoms with E-state index in [1.165, 1.54) is 12.1 Å².